The molecule has 1 fully saturated rings. The van der Waals surface area contributed by atoms with Gasteiger partial charge in [0.25, 0.3) is 0 Å². The molecule has 1 aromatic carbocycles. The van der Waals surface area contributed by atoms with Crippen LogP contribution in [-0.2, 0) is 16.0 Å². The first kappa shape index (κ1) is 17.6. The maximum Gasteiger partial charge on any atom is 0.221 e. The van der Waals surface area contributed by atoms with E-state index in [4.69, 9.17) is 10.5 Å². The van der Waals surface area contributed by atoms with Gasteiger partial charge in [0.2, 0.25) is 5.91 Å². The quantitative estimate of drug-likeness (QED) is 0.718. The molecular weight excluding hydrogens is 292 g/mol. The van der Waals surface area contributed by atoms with Crippen molar-refractivity contribution in [2.24, 2.45) is 11.7 Å². The molecule has 1 heterocycles. The summed E-state index contributed by atoms with van der Waals surface area (Å²) in [6.07, 6.45) is 2.46. The minimum Gasteiger partial charge on any atom is -0.369 e. The monoisotopic (exact) mass is 318 g/mol. The molecule has 1 saturated heterocycles. The summed E-state index contributed by atoms with van der Waals surface area (Å²) in [6, 6.07) is 5.91. The van der Waals surface area contributed by atoms with Crippen LogP contribution in [0.3, 0.4) is 0 Å². The number of benzene rings is 1. The Morgan fingerprint density at radius 1 is 1.43 bits per heavy atom. The van der Waals surface area contributed by atoms with Crippen LogP contribution in [0.4, 0.5) is 0 Å². The van der Waals surface area contributed by atoms with Crippen molar-refractivity contribution in [1.82, 2.24) is 5.32 Å². The Bertz CT molecular complexity index is 565. The minimum atomic E-state index is -0.507. The lowest BCUT2D eigenvalue weighted by molar-refractivity contribution is -0.122. The van der Waals surface area contributed by atoms with Crippen molar-refractivity contribution < 1.29 is 14.3 Å². The fourth-order valence-corrected chi connectivity index (χ4v) is 3.01. The van der Waals surface area contributed by atoms with E-state index in [1.165, 1.54) is 5.56 Å². The van der Waals surface area contributed by atoms with E-state index in [0.717, 1.165) is 24.9 Å². The van der Waals surface area contributed by atoms with E-state index < -0.39 is 11.8 Å². The summed E-state index contributed by atoms with van der Waals surface area (Å²) >= 11 is 0. The summed E-state index contributed by atoms with van der Waals surface area (Å²) in [6.45, 7) is 5.46. The highest BCUT2D eigenvalue weighted by molar-refractivity contribution is 5.99. The van der Waals surface area contributed by atoms with Crippen molar-refractivity contribution in [1.29, 1.82) is 0 Å². The Balaban J connectivity index is 2.04. The van der Waals surface area contributed by atoms with E-state index in [0.29, 0.717) is 18.6 Å². The lowest BCUT2D eigenvalue weighted by Gasteiger charge is -2.17. The zero-order chi connectivity index (χ0) is 16.8. The normalized spacial score (nSPS) is 18.8. The first-order chi connectivity index (χ1) is 11.0. The first-order valence-electron chi connectivity index (χ1n) is 8.28. The van der Waals surface area contributed by atoms with Gasteiger partial charge < -0.3 is 10.5 Å². The summed E-state index contributed by atoms with van der Waals surface area (Å²) < 4.78 is 5.46. The van der Waals surface area contributed by atoms with Gasteiger partial charge in [-0.05, 0) is 30.9 Å². The molecule has 1 amide bonds. The van der Waals surface area contributed by atoms with E-state index in [1.807, 2.05) is 19.1 Å². The third-order valence-electron chi connectivity index (χ3n) is 4.26. The molecule has 0 bridgehead atoms. The number of ether oxygens (including phenoxy) is 1. The van der Waals surface area contributed by atoms with Gasteiger partial charge in [0.1, 0.15) is 6.23 Å². The maximum atomic E-state index is 12.6. The number of amides is 1. The van der Waals surface area contributed by atoms with Crippen molar-refractivity contribution in [3.8, 4) is 0 Å². The molecule has 5 heteroatoms. The van der Waals surface area contributed by atoms with Crippen LogP contribution in [0.5, 0.6) is 0 Å². The molecule has 0 radical (unpaired) electrons. The lowest BCUT2D eigenvalue weighted by atomic mass is 9.91. The Kier molecular flexibility index (Phi) is 6.30. The van der Waals surface area contributed by atoms with Crippen LogP contribution in [0.1, 0.15) is 47.7 Å². The fraction of sp³-hybridized carbons (Fsp3) is 0.556. The second-order valence-electron chi connectivity index (χ2n) is 6.18. The molecule has 1 aromatic rings. The minimum absolute atomic E-state index is 0.0349. The van der Waals surface area contributed by atoms with Crippen molar-refractivity contribution in [3.05, 3.63) is 34.9 Å². The third-order valence-corrected chi connectivity index (χ3v) is 4.26. The number of ketones is 1. The van der Waals surface area contributed by atoms with E-state index >= 15 is 0 Å². The highest BCUT2D eigenvalue weighted by Gasteiger charge is 2.26. The Morgan fingerprint density at radius 3 is 2.78 bits per heavy atom. The smallest absolute Gasteiger partial charge is 0.221 e. The second kappa shape index (κ2) is 8.22. The first-order valence-corrected chi connectivity index (χ1v) is 8.28. The van der Waals surface area contributed by atoms with Gasteiger partial charge in [-0.1, -0.05) is 31.5 Å². The second-order valence-corrected chi connectivity index (χ2v) is 6.18. The van der Waals surface area contributed by atoms with Gasteiger partial charge >= 0.3 is 0 Å². The summed E-state index contributed by atoms with van der Waals surface area (Å²) in [5.74, 6) is -0.990. The molecule has 0 aromatic heterocycles. The van der Waals surface area contributed by atoms with E-state index in [9.17, 15) is 9.59 Å². The topological polar surface area (TPSA) is 81.4 Å². The largest absolute Gasteiger partial charge is 0.369 e. The van der Waals surface area contributed by atoms with Gasteiger partial charge in [-0.3, -0.25) is 14.9 Å². The number of rotatable bonds is 8. The summed E-state index contributed by atoms with van der Waals surface area (Å²) in [5.41, 5.74) is 8.34. The lowest BCUT2D eigenvalue weighted by Crippen LogP contribution is -2.33. The molecule has 5 nitrogen and oxygen atoms in total. The van der Waals surface area contributed by atoms with Crippen LogP contribution in [0, 0.1) is 12.8 Å². The molecule has 0 aliphatic carbocycles. The van der Waals surface area contributed by atoms with Crippen molar-refractivity contribution in [3.63, 3.8) is 0 Å². The third kappa shape index (κ3) is 4.88. The van der Waals surface area contributed by atoms with Crippen LogP contribution in [0.25, 0.3) is 0 Å². The van der Waals surface area contributed by atoms with Gasteiger partial charge in [-0.25, -0.2) is 0 Å². The molecule has 2 atom stereocenters. The average Bonchev–Trinajstić information content (AvgIpc) is 2.99. The number of hydrogen-bond acceptors (Lipinski definition) is 4. The number of primary amides is 1. The Morgan fingerprint density at radius 2 is 2.22 bits per heavy atom. The van der Waals surface area contributed by atoms with Crippen LogP contribution in [-0.4, -0.2) is 31.1 Å². The Labute approximate surface area is 137 Å². The number of hydrogen-bond donors (Lipinski definition) is 2. The number of aryl methyl sites for hydroxylation is 2. The molecule has 1 aliphatic rings. The maximum absolute atomic E-state index is 12.6. The standard InChI is InChI=1S/C18H26N2O3/c1-3-4-13-5-6-15(12(2)9-13)16(21)10-14(18(19)22)11-17-20-7-8-23-17/h5-6,9,14,17,20H,3-4,7-8,10-11H2,1-2H3,(H2,19,22). The number of nitrogens with two attached hydrogens (primary N) is 1. The van der Waals surface area contributed by atoms with Gasteiger partial charge in [0.05, 0.1) is 6.61 Å². The molecular formula is C18H26N2O3. The summed E-state index contributed by atoms with van der Waals surface area (Å²) in [5, 5.41) is 3.15. The number of carbonyl (C=O) groups is 2. The summed E-state index contributed by atoms with van der Waals surface area (Å²) in [7, 11) is 0. The molecule has 2 rings (SSSR count). The molecule has 0 spiro atoms. The van der Waals surface area contributed by atoms with Crippen LogP contribution in [0.15, 0.2) is 18.2 Å². The fourth-order valence-electron chi connectivity index (χ4n) is 3.01. The van der Waals surface area contributed by atoms with Gasteiger partial charge in [-0.15, -0.1) is 0 Å². The summed E-state index contributed by atoms with van der Waals surface area (Å²) in [4.78, 5) is 24.2. The SMILES string of the molecule is CCCc1ccc(C(=O)CC(CC2NCCO2)C(N)=O)c(C)c1. The number of Topliss-reactive ketones (excluding diaryl/α,β-unsaturated/α-hetero) is 1. The van der Waals surface area contributed by atoms with E-state index in [1.54, 1.807) is 0 Å². The predicted molar refractivity (Wildman–Crippen MR) is 89.2 cm³/mol. The Hall–Kier alpha value is -1.72. The van der Waals surface area contributed by atoms with Crippen LogP contribution in [0.2, 0.25) is 0 Å². The average molecular weight is 318 g/mol. The van der Waals surface area contributed by atoms with Crippen LogP contribution < -0.4 is 11.1 Å². The van der Waals surface area contributed by atoms with Crippen molar-refractivity contribution in [2.75, 3.05) is 13.2 Å². The molecule has 3 N–H and O–H groups in total. The highest BCUT2D eigenvalue weighted by atomic mass is 16.5. The molecule has 126 valence electrons. The van der Waals surface area contributed by atoms with Gasteiger partial charge in [-0.2, -0.15) is 0 Å². The molecule has 0 saturated carbocycles. The molecule has 2 unspecified atom stereocenters. The van der Waals surface area contributed by atoms with Crippen molar-refractivity contribution >= 4 is 11.7 Å². The zero-order valence-corrected chi connectivity index (χ0v) is 13.9. The van der Waals surface area contributed by atoms with Gasteiger partial charge in [0, 0.05) is 24.4 Å². The number of nitrogens with one attached hydrogen (secondary N) is 1. The van der Waals surface area contributed by atoms with Crippen molar-refractivity contribution in [2.45, 2.75) is 45.8 Å². The van der Waals surface area contributed by atoms with E-state index in [-0.39, 0.29) is 18.4 Å². The zero-order valence-electron chi connectivity index (χ0n) is 13.9. The predicted octanol–water partition coefficient (Wildman–Crippen LogP) is 1.96. The van der Waals surface area contributed by atoms with Gasteiger partial charge in [0.15, 0.2) is 5.78 Å². The molecule has 1 aliphatic heterocycles. The highest BCUT2D eigenvalue weighted by Crippen LogP contribution is 2.20. The van der Waals surface area contributed by atoms with Crippen LogP contribution >= 0.6 is 0 Å². The molecule has 23 heavy (non-hydrogen) atoms. The number of carbonyl (C=O) groups excluding carboxylic acids is 2. The van der Waals surface area contributed by atoms with E-state index in [2.05, 4.69) is 18.3 Å².